The fourth-order valence-corrected chi connectivity index (χ4v) is 7.41. The van der Waals surface area contributed by atoms with Gasteiger partial charge in [-0.2, -0.15) is 0 Å². The Hall–Kier alpha value is -3.54. The van der Waals surface area contributed by atoms with Crippen molar-refractivity contribution < 1.29 is 18.7 Å². The number of nitrogens with zero attached hydrogens (tertiary/aromatic N) is 7. The number of hydrogen-bond donors (Lipinski definition) is 1. The number of nitrogens with one attached hydrogen (secondary N) is 1. The van der Waals surface area contributed by atoms with Crippen molar-refractivity contribution >= 4 is 17.8 Å². The van der Waals surface area contributed by atoms with Gasteiger partial charge in [-0.3, -0.25) is 4.79 Å². The third-order valence-corrected chi connectivity index (χ3v) is 10.1. The van der Waals surface area contributed by atoms with Gasteiger partial charge in [0.2, 0.25) is 0 Å². The minimum absolute atomic E-state index is 0.0109. The minimum Gasteiger partial charge on any atom is -0.434 e. The van der Waals surface area contributed by atoms with Crippen molar-refractivity contribution in [3.63, 3.8) is 0 Å². The Balaban J connectivity index is 1.16. The second kappa shape index (κ2) is 13.7. The molecule has 2 aromatic rings. The molecule has 3 heterocycles. The van der Waals surface area contributed by atoms with Gasteiger partial charge in [-0.15, -0.1) is 10.2 Å². The number of ether oxygens (including phenoxy) is 1. The van der Waals surface area contributed by atoms with Crippen LogP contribution in [0.5, 0.6) is 11.6 Å². The maximum Gasteiger partial charge on any atom is 0.317 e. The number of urea groups is 1. The van der Waals surface area contributed by atoms with Gasteiger partial charge >= 0.3 is 6.03 Å². The van der Waals surface area contributed by atoms with Crippen molar-refractivity contribution in [1.29, 1.82) is 0 Å². The zero-order valence-corrected chi connectivity index (χ0v) is 28.6. The number of piperidine rings is 1. The SMILES string of the molecule is CC(C)N(C(=O)c1cc(F)ccc1Oc1nncnc1N1CC2(CCN(CC3CCC(C)(NC(=O)N(C)C)CC3)CC2)C1)C(C)C. The second-order valence-electron chi connectivity index (χ2n) is 14.7. The van der Waals surface area contributed by atoms with Crippen molar-refractivity contribution in [2.45, 2.75) is 90.8 Å². The molecule has 0 unspecified atom stereocenters. The van der Waals surface area contributed by atoms with E-state index in [0.29, 0.717) is 11.7 Å². The maximum absolute atomic E-state index is 14.3. The van der Waals surface area contributed by atoms with Gasteiger partial charge in [-0.1, -0.05) is 0 Å². The molecule has 1 aliphatic carbocycles. The first-order valence-electron chi connectivity index (χ1n) is 16.7. The smallest absolute Gasteiger partial charge is 0.317 e. The van der Waals surface area contributed by atoms with Crippen molar-refractivity contribution in [2.75, 3.05) is 51.7 Å². The van der Waals surface area contributed by atoms with Gasteiger partial charge in [-0.05, 0) is 110 Å². The van der Waals surface area contributed by atoms with Crippen LogP contribution in [-0.4, -0.2) is 106 Å². The minimum atomic E-state index is -0.507. The lowest BCUT2D eigenvalue weighted by Gasteiger charge is -2.54. The summed E-state index contributed by atoms with van der Waals surface area (Å²) in [5.41, 5.74) is 0.257. The molecular weight excluding hydrogens is 587 g/mol. The summed E-state index contributed by atoms with van der Waals surface area (Å²) < 4.78 is 20.5. The molecule has 11 nitrogen and oxygen atoms in total. The number of hydrogen-bond acceptors (Lipinski definition) is 8. The number of carbonyl (C=O) groups is 2. The number of aromatic nitrogens is 3. The molecule has 2 aliphatic heterocycles. The number of anilines is 1. The lowest BCUT2D eigenvalue weighted by atomic mass is 9.71. The highest BCUT2D eigenvalue weighted by molar-refractivity contribution is 5.97. The molecule has 12 heteroatoms. The molecule has 1 saturated carbocycles. The van der Waals surface area contributed by atoms with E-state index in [9.17, 15) is 14.0 Å². The number of rotatable bonds is 9. The average molecular weight is 639 g/mol. The molecule has 1 aromatic carbocycles. The van der Waals surface area contributed by atoms with Crippen molar-refractivity contribution in [3.05, 3.63) is 35.9 Å². The van der Waals surface area contributed by atoms with E-state index in [2.05, 4.69) is 37.2 Å². The van der Waals surface area contributed by atoms with E-state index in [0.717, 1.165) is 71.2 Å². The summed E-state index contributed by atoms with van der Waals surface area (Å²) in [6, 6.07) is 3.83. The van der Waals surface area contributed by atoms with Crippen LogP contribution in [0, 0.1) is 17.2 Å². The van der Waals surface area contributed by atoms with E-state index in [-0.39, 0.29) is 52.2 Å². The molecule has 46 heavy (non-hydrogen) atoms. The van der Waals surface area contributed by atoms with Gasteiger partial charge < -0.3 is 29.7 Å². The Labute approximate surface area is 272 Å². The first-order valence-corrected chi connectivity index (χ1v) is 16.7. The Kier molecular flexibility index (Phi) is 10.0. The van der Waals surface area contributed by atoms with E-state index >= 15 is 0 Å². The van der Waals surface area contributed by atoms with Crippen molar-refractivity contribution in [2.24, 2.45) is 11.3 Å². The highest BCUT2D eigenvalue weighted by atomic mass is 19.1. The quantitative estimate of drug-likeness (QED) is 0.400. The normalized spacial score (nSPS) is 22.9. The van der Waals surface area contributed by atoms with Gasteiger partial charge in [-0.25, -0.2) is 14.2 Å². The molecule has 1 N–H and O–H groups in total. The standard InChI is InChI=1S/C34H51FN8O3/c1-23(2)43(24(3)4)31(44)27-18-26(35)8-9-28(27)46-30-29(36-22-37-39-30)42-20-34(21-42)14-16-41(17-15-34)19-25-10-12-33(5,13-11-25)38-32(45)40(6)7/h8-9,18,22-25H,10-17,19-21H2,1-7H3,(H,38,45). The molecule has 252 valence electrons. The molecule has 3 amide bonds. The Bertz CT molecular complexity index is 1370. The van der Waals surface area contributed by atoms with E-state index in [4.69, 9.17) is 4.74 Å². The van der Waals surface area contributed by atoms with Crippen LogP contribution in [-0.2, 0) is 0 Å². The van der Waals surface area contributed by atoms with E-state index < -0.39 is 5.82 Å². The van der Waals surface area contributed by atoms with Gasteiger partial charge in [0, 0.05) is 56.8 Å². The van der Waals surface area contributed by atoms with Gasteiger partial charge in [0.25, 0.3) is 11.8 Å². The summed E-state index contributed by atoms with van der Waals surface area (Å²) in [5.74, 6) is 0.884. The Morgan fingerprint density at radius 1 is 1.07 bits per heavy atom. The average Bonchev–Trinajstić information content (AvgIpc) is 2.98. The summed E-state index contributed by atoms with van der Waals surface area (Å²) in [5, 5.41) is 11.4. The van der Waals surface area contributed by atoms with Gasteiger partial charge in [0.1, 0.15) is 17.9 Å². The summed E-state index contributed by atoms with van der Waals surface area (Å²) in [6.07, 6.45) is 7.96. The van der Waals surface area contributed by atoms with Crippen LogP contribution in [0.25, 0.3) is 0 Å². The third-order valence-electron chi connectivity index (χ3n) is 10.1. The molecule has 0 radical (unpaired) electrons. The van der Waals surface area contributed by atoms with Crippen LogP contribution < -0.4 is 15.0 Å². The zero-order valence-electron chi connectivity index (χ0n) is 28.6. The van der Waals surface area contributed by atoms with Crippen LogP contribution in [0.4, 0.5) is 15.0 Å². The number of halogens is 1. The van der Waals surface area contributed by atoms with Crippen molar-refractivity contribution in [3.8, 4) is 11.6 Å². The maximum atomic E-state index is 14.3. The number of likely N-dealkylation sites (tertiary alicyclic amines) is 1. The molecule has 3 aliphatic rings. The summed E-state index contributed by atoms with van der Waals surface area (Å²) in [6.45, 7) is 14.9. The molecule has 3 fully saturated rings. The van der Waals surface area contributed by atoms with E-state index in [1.54, 1.807) is 23.9 Å². The zero-order chi connectivity index (χ0) is 33.2. The molecule has 5 rings (SSSR count). The number of amides is 3. The fraction of sp³-hybridized carbons (Fsp3) is 0.676. The molecule has 0 atom stereocenters. The van der Waals surface area contributed by atoms with Crippen LogP contribution >= 0.6 is 0 Å². The third kappa shape index (κ3) is 7.53. The topological polar surface area (TPSA) is 107 Å². The van der Waals surface area contributed by atoms with E-state index in [1.807, 2.05) is 27.7 Å². The summed E-state index contributed by atoms with van der Waals surface area (Å²) in [7, 11) is 3.57. The fourth-order valence-electron chi connectivity index (χ4n) is 7.41. The van der Waals surface area contributed by atoms with Crippen LogP contribution in [0.15, 0.2) is 24.5 Å². The van der Waals surface area contributed by atoms with Crippen LogP contribution in [0.1, 0.15) is 83.5 Å². The first-order chi connectivity index (χ1) is 21.8. The highest BCUT2D eigenvalue weighted by Crippen LogP contribution is 2.45. The van der Waals surface area contributed by atoms with Crippen LogP contribution in [0.3, 0.4) is 0 Å². The Morgan fingerprint density at radius 3 is 2.33 bits per heavy atom. The molecule has 1 aromatic heterocycles. The van der Waals surface area contributed by atoms with Gasteiger partial charge in [0.15, 0.2) is 5.82 Å². The summed E-state index contributed by atoms with van der Waals surface area (Å²) in [4.78, 5) is 38.3. The molecule has 2 saturated heterocycles. The van der Waals surface area contributed by atoms with E-state index in [1.165, 1.54) is 24.5 Å². The number of carbonyl (C=O) groups excluding carboxylic acids is 2. The predicted octanol–water partition coefficient (Wildman–Crippen LogP) is 5.18. The monoisotopic (exact) mass is 638 g/mol. The number of benzene rings is 1. The predicted molar refractivity (Wildman–Crippen MR) is 176 cm³/mol. The van der Waals surface area contributed by atoms with Crippen molar-refractivity contribution in [1.82, 2.24) is 35.2 Å². The summed E-state index contributed by atoms with van der Waals surface area (Å²) >= 11 is 0. The lowest BCUT2D eigenvalue weighted by Crippen LogP contribution is -2.61. The first kappa shape index (κ1) is 33.8. The van der Waals surface area contributed by atoms with Gasteiger partial charge in [0.05, 0.1) is 5.56 Å². The molecular formula is C34H51FN8O3. The molecule has 0 bridgehead atoms. The lowest BCUT2D eigenvalue weighted by molar-refractivity contribution is 0.0583. The highest BCUT2D eigenvalue weighted by Gasteiger charge is 2.47. The van der Waals surface area contributed by atoms with Crippen LogP contribution in [0.2, 0.25) is 0 Å². The largest absolute Gasteiger partial charge is 0.434 e. The molecule has 1 spiro atoms. The second-order valence-corrected chi connectivity index (χ2v) is 14.7. The Morgan fingerprint density at radius 2 is 1.72 bits per heavy atom.